The fraction of sp³-hybridized carbons (Fsp3) is 0.333. The van der Waals surface area contributed by atoms with Crippen LogP contribution in [0.15, 0.2) is 42.5 Å². The lowest BCUT2D eigenvalue weighted by atomic mass is 9.81. The van der Waals surface area contributed by atoms with Crippen molar-refractivity contribution in [2.45, 2.75) is 52.1 Å². The Hall–Kier alpha value is -2.66. The van der Waals surface area contributed by atoms with Crippen LogP contribution in [0.25, 0.3) is 10.6 Å². The molecular formula is C24H25NO3S. The summed E-state index contributed by atoms with van der Waals surface area (Å²) < 4.78 is 6.08. The van der Waals surface area contributed by atoms with Gasteiger partial charge in [-0.05, 0) is 62.3 Å². The van der Waals surface area contributed by atoms with Crippen molar-refractivity contribution in [3.05, 3.63) is 69.7 Å². The van der Waals surface area contributed by atoms with Crippen LogP contribution < -0.4 is 4.74 Å². The average molecular weight is 408 g/mol. The highest BCUT2D eigenvalue weighted by atomic mass is 32.1. The van der Waals surface area contributed by atoms with Crippen LogP contribution in [-0.2, 0) is 17.8 Å². The van der Waals surface area contributed by atoms with Crippen molar-refractivity contribution in [1.82, 2.24) is 4.98 Å². The zero-order chi connectivity index (χ0) is 20.4. The van der Waals surface area contributed by atoms with Gasteiger partial charge in [0.15, 0.2) is 0 Å². The minimum Gasteiger partial charge on any atom is -0.488 e. The van der Waals surface area contributed by atoms with Gasteiger partial charge in [-0.1, -0.05) is 35.9 Å². The predicted octanol–water partition coefficient (Wildman–Crippen LogP) is 5.90. The largest absolute Gasteiger partial charge is 0.488 e. The number of ether oxygens (including phenoxy) is 1. The van der Waals surface area contributed by atoms with Crippen LogP contribution in [-0.4, -0.2) is 16.1 Å². The Morgan fingerprint density at radius 1 is 1.21 bits per heavy atom. The number of fused-ring (bicyclic) bond motifs is 1. The van der Waals surface area contributed by atoms with Gasteiger partial charge < -0.3 is 9.84 Å². The summed E-state index contributed by atoms with van der Waals surface area (Å²) in [6.45, 7) is 4.60. The molecule has 4 nitrogen and oxygen atoms in total. The second-order valence-corrected chi connectivity index (χ2v) is 8.81. The lowest BCUT2D eigenvalue weighted by Crippen LogP contribution is -2.13. The van der Waals surface area contributed by atoms with E-state index in [-0.39, 0.29) is 12.3 Å². The molecule has 0 fully saturated rings. The van der Waals surface area contributed by atoms with E-state index in [0.29, 0.717) is 6.61 Å². The number of hydrogen-bond acceptors (Lipinski definition) is 4. The third-order valence-corrected chi connectivity index (χ3v) is 6.72. The molecule has 0 saturated heterocycles. The van der Waals surface area contributed by atoms with Crippen molar-refractivity contribution in [1.29, 1.82) is 0 Å². The number of thiazole rings is 1. The molecule has 0 saturated carbocycles. The quantitative estimate of drug-likeness (QED) is 0.553. The van der Waals surface area contributed by atoms with E-state index in [9.17, 15) is 4.79 Å². The highest BCUT2D eigenvalue weighted by Crippen LogP contribution is 2.36. The van der Waals surface area contributed by atoms with E-state index in [1.807, 2.05) is 13.0 Å². The van der Waals surface area contributed by atoms with Crippen LogP contribution in [0.5, 0.6) is 5.75 Å². The Labute approximate surface area is 175 Å². The third-order valence-electron chi connectivity index (χ3n) is 5.54. The molecular weight excluding hydrogens is 382 g/mol. The van der Waals surface area contributed by atoms with Crippen molar-refractivity contribution < 1.29 is 14.6 Å². The van der Waals surface area contributed by atoms with Gasteiger partial charge in [0.1, 0.15) is 17.4 Å². The normalized spacial score (nSPS) is 15.7. The summed E-state index contributed by atoms with van der Waals surface area (Å²) in [6.07, 6.45) is 3.17. The molecule has 2 aromatic carbocycles. The lowest BCUT2D eigenvalue weighted by molar-refractivity contribution is -0.137. The smallest absolute Gasteiger partial charge is 0.303 e. The molecule has 0 amide bonds. The highest BCUT2D eigenvalue weighted by Gasteiger charge is 2.23. The van der Waals surface area contributed by atoms with Gasteiger partial charge in [-0.3, -0.25) is 4.79 Å². The molecule has 0 bridgehead atoms. The number of carboxylic acids is 1. The minimum atomic E-state index is -0.728. The molecule has 1 aliphatic rings. The van der Waals surface area contributed by atoms with Gasteiger partial charge in [-0.2, -0.15) is 0 Å². The van der Waals surface area contributed by atoms with E-state index in [4.69, 9.17) is 14.8 Å². The molecule has 0 spiro atoms. The van der Waals surface area contributed by atoms with Gasteiger partial charge >= 0.3 is 5.97 Å². The number of carboxylic acid groups (broad SMARTS) is 1. The van der Waals surface area contributed by atoms with Crippen LogP contribution in [0.2, 0.25) is 0 Å². The van der Waals surface area contributed by atoms with E-state index in [1.165, 1.54) is 16.7 Å². The standard InChI is InChI=1S/C24H25NO3S/c1-15-6-8-17(9-7-15)24-25-16(2)22(29-24)14-28-20-10-11-21-18(12-20)4-3-5-19(21)13-23(26)27/h6-12,19H,3-5,13-14H2,1-2H3,(H,26,27). The zero-order valence-corrected chi connectivity index (χ0v) is 17.6. The van der Waals surface area contributed by atoms with Crippen molar-refractivity contribution in [2.24, 2.45) is 0 Å². The van der Waals surface area contributed by atoms with Gasteiger partial charge in [0.2, 0.25) is 0 Å². The molecule has 150 valence electrons. The fourth-order valence-corrected chi connectivity index (χ4v) is 4.92. The number of aliphatic carboxylic acids is 1. The maximum absolute atomic E-state index is 11.1. The Bertz CT molecular complexity index is 1020. The Morgan fingerprint density at radius 2 is 2.00 bits per heavy atom. The van der Waals surface area contributed by atoms with Crippen LogP contribution in [0.4, 0.5) is 0 Å². The van der Waals surface area contributed by atoms with Crippen molar-refractivity contribution in [2.75, 3.05) is 0 Å². The van der Waals surface area contributed by atoms with Gasteiger partial charge in [-0.25, -0.2) is 4.98 Å². The van der Waals surface area contributed by atoms with Crippen LogP contribution in [0, 0.1) is 13.8 Å². The van der Waals surface area contributed by atoms with Crippen LogP contribution in [0.1, 0.15) is 52.4 Å². The first-order valence-electron chi connectivity index (χ1n) is 10.0. The number of aryl methyl sites for hydroxylation is 3. The Kier molecular flexibility index (Phi) is 5.67. The summed E-state index contributed by atoms with van der Waals surface area (Å²) >= 11 is 1.67. The topological polar surface area (TPSA) is 59.4 Å². The summed E-state index contributed by atoms with van der Waals surface area (Å²) in [7, 11) is 0. The first kappa shape index (κ1) is 19.6. The minimum absolute atomic E-state index is 0.117. The number of carbonyl (C=O) groups is 1. The molecule has 5 heteroatoms. The van der Waals surface area contributed by atoms with Gasteiger partial charge in [-0.15, -0.1) is 11.3 Å². The molecule has 1 N–H and O–H groups in total. The number of rotatable bonds is 6. The lowest BCUT2D eigenvalue weighted by Gasteiger charge is -2.24. The Balaban J connectivity index is 1.47. The van der Waals surface area contributed by atoms with E-state index < -0.39 is 5.97 Å². The van der Waals surface area contributed by atoms with E-state index >= 15 is 0 Å². The molecule has 1 unspecified atom stereocenters. The summed E-state index contributed by atoms with van der Waals surface area (Å²) in [5, 5.41) is 10.2. The second kappa shape index (κ2) is 8.37. The number of benzene rings is 2. The molecule has 1 heterocycles. The summed E-state index contributed by atoms with van der Waals surface area (Å²) in [6, 6.07) is 14.5. The van der Waals surface area contributed by atoms with E-state index in [2.05, 4.69) is 43.3 Å². The second-order valence-electron chi connectivity index (χ2n) is 7.73. The van der Waals surface area contributed by atoms with Gasteiger partial charge in [0.05, 0.1) is 17.0 Å². The van der Waals surface area contributed by atoms with E-state index in [0.717, 1.165) is 46.2 Å². The number of nitrogens with zero attached hydrogens (tertiary/aromatic N) is 1. The SMILES string of the molecule is Cc1ccc(-c2nc(C)c(COc3ccc4c(c3)CCCC4CC(=O)O)s2)cc1. The fourth-order valence-electron chi connectivity index (χ4n) is 3.93. The van der Waals surface area contributed by atoms with Crippen LogP contribution in [0.3, 0.4) is 0 Å². The van der Waals surface area contributed by atoms with Crippen LogP contribution >= 0.6 is 11.3 Å². The first-order valence-corrected chi connectivity index (χ1v) is 10.8. The van der Waals surface area contributed by atoms with Gasteiger partial charge in [0, 0.05) is 5.56 Å². The zero-order valence-electron chi connectivity index (χ0n) is 16.8. The monoisotopic (exact) mass is 407 g/mol. The molecule has 4 rings (SSSR count). The molecule has 3 aromatic rings. The molecule has 1 aromatic heterocycles. The predicted molar refractivity (Wildman–Crippen MR) is 116 cm³/mol. The Morgan fingerprint density at radius 3 is 2.76 bits per heavy atom. The number of hydrogen-bond donors (Lipinski definition) is 1. The summed E-state index contributed by atoms with van der Waals surface area (Å²) in [5.74, 6) is 0.226. The summed E-state index contributed by atoms with van der Waals surface area (Å²) in [5.41, 5.74) is 5.77. The van der Waals surface area contributed by atoms with E-state index in [1.54, 1.807) is 11.3 Å². The third kappa shape index (κ3) is 4.51. The molecule has 0 aliphatic heterocycles. The summed E-state index contributed by atoms with van der Waals surface area (Å²) in [4.78, 5) is 17.0. The maximum Gasteiger partial charge on any atom is 0.303 e. The van der Waals surface area contributed by atoms with Crippen molar-refractivity contribution in [3.63, 3.8) is 0 Å². The molecule has 1 atom stereocenters. The maximum atomic E-state index is 11.1. The average Bonchev–Trinajstić information content (AvgIpc) is 3.07. The first-order chi connectivity index (χ1) is 14.0. The van der Waals surface area contributed by atoms with Crippen molar-refractivity contribution >= 4 is 17.3 Å². The number of aromatic nitrogens is 1. The molecule has 0 radical (unpaired) electrons. The van der Waals surface area contributed by atoms with Gasteiger partial charge in [0.25, 0.3) is 0 Å². The molecule has 1 aliphatic carbocycles. The van der Waals surface area contributed by atoms with Crippen molar-refractivity contribution in [3.8, 4) is 16.3 Å². The highest BCUT2D eigenvalue weighted by molar-refractivity contribution is 7.15. The molecule has 29 heavy (non-hydrogen) atoms.